The Labute approximate surface area is 129 Å². The predicted molar refractivity (Wildman–Crippen MR) is 78.6 cm³/mol. The van der Waals surface area contributed by atoms with Crippen LogP contribution in [0.3, 0.4) is 0 Å². The molecule has 0 radical (unpaired) electrons. The van der Waals surface area contributed by atoms with Gasteiger partial charge in [0.15, 0.2) is 11.6 Å². The van der Waals surface area contributed by atoms with E-state index >= 15 is 0 Å². The standard InChI is InChI=1S/C14H23N3O5/c1-8-11(17-9(2)21-8)12(19)15-6-10(18)7-16-13(20)22-14(3,4)5/h10,18H,6-7H2,1-5H3,(H,15,19)(H,16,20)/t10-/m1/s1. The zero-order valence-corrected chi connectivity index (χ0v) is 13.5. The second-order valence-corrected chi connectivity index (χ2v) is 5.88. The molecule has 0 aliphatic carbocycles. The number of oxazole rings is 1. The van der Waals surface area contributed by atoms with E-state index in [1.807, 2.05) is 0 Å². The number of aryl methyl sites for hydroxylation is 2. The van der Waals surface area contributed by atoms with Crippen LogP contribution in [0.15, 0.2) is 4.42 Å². The molecule has 1 aromatic heterocycles. The Bertz CT molecular complexity index is 533. The van der Waals surface area contributed by atoms with Gasteiger partial charge in [0.05, 0.1) is 6.10 Å². The van der Waals surface area contributed by atoms with Crippen LogP contribution in [0.2, 0.25) is 0 Å². The number of aromatic nitrogens is 1. The number of carbonyl (C=O) groups excluding carboxylic acids is 2. The van der Waals surface area contributed by atoms with Crippen LogP contribution >= 0.6 is 0 Å². The van der Waals surface area contributed by atoms with Crippen molar-refractivity contribution in [2.45, 2.75) is 46.3 Å². The number of amides is 2. The minimum absolute atomic E-state index is 0.0278. The highest BCUT2D eigenvalue weighted by Crippen LogP contribution is 2.08. The fraction of sp³-hybridized carbons (Fsp3) is 0.643. The lowest BCUT2D eigenvalue weighted by molar-refractivity contribution is 0.0492. The van der Waals surface area contributed by atoms with Crippen LogP contribution in [-0.2, 0) is 4.74 Å². The summed E-state index contributed by atoms with van der Waals surface area (Å²) in [5.74, 6) is 0.372. The van der Waals surface area contributed by atoms with Crippen molar-refractivity contribution in [3.8, 4) is 0 Å². The number of aliphatic hydroxyl groups is 1. The maximum Gasteiger partial charge on any atom is 0.407 e. The third kappa shape index (κ3) is 6.13. The quantitative estimate of drug-likeness (QED) is 0.744. The number of carbonyl (C=O) groups is 2. The van der Waals surface area contributed by atoms with Crippen LogP contribution in [-0.4, -0.2) is 46.9 Å². The van der Waals surface area contributed by atoms with Gasteiger partial charge in [-0.1, -0.05) is 0 Å². The number of rotatable bonds is 5. The van der Waals surface area contributed by atoms with E-state index in [1.54, 1.807) is 34.6 Å². The molecule has 0 aromatic carbocycles. The van der Waals surface area contributed by atoms with Crippen molar-refractivity contribution < 1.29 is 23.8 Å². The molecule has 8 nitrogen and oxygen atoms in total. The first-order valence-corrected chi connectivity index (χ1v) is 6.95. The minimum Gasteiger partial charge on any atom is -0.445 e. The number of aliphatic hydroxyl groups excluding tert-OH is 1. The summed E-state index contributed by atoms with van der Waals surface area (Å²) in [6.45, 7) is 8.44. The number of nitrogens with zero attached hydrogens (tertiary/aromatic N) is 1. The van der Waals surface area contributed by atoms with Crippen LogP contribution in [0.4, 0.5) is 4.79 Å². The summed E-state index contributed by atoms with van der Waals surface area (Å²) < 4.78 is 10.2. The number of nitrogens with one attached hydrogen (secondary N) is 2. The summed E-state index contributed by atoms with van der Waals surface area (Å²) >= 11 is 0. The molecule has 0 aliphatic heterocycles. The van der Waals surface area contributed by atoms with E-state index < -0.39 is 23.7 Å². The summed E-state index contributed by atoms with van der Waals surface area (Å²) in [5, 5.41) is 14.7. The zero-order valence-electron chi connectivity index (χ0n) is 13.5. The molecule has 0 bridgehead atoms. The van der Waals surface area contributed by atoms with Gasteiger partial charge in [0.25, 0.3) is 5.91 Å². The van der Waals surface area contributed by atoms with E-state index in [0.29, 0.717) is 11.7 Å². The molecule has 0 aliphatic rings. The normalized spacial score (nSPS) is 12.6. The van der Waals surface area contributed by atoms with E-state index in [1.165, 1.54) is 0 Å². The molecule has 1 heterocycles. The summed E-state index contributed by atoms with van der Waals surface area (Å²) in [6.07, 6.45) is -1.56. The molecule has 3 N–H and O–H groups in total. The molecular formula is C14H23N3O5. The van der Waals surface area contributed by atoms with Crippen LogP contribution in [0, 0.1) is 13.8 Å². The van der Waals surface area contributed by atoms with Crippen LogP contribution < -0.4 is 10.6 Å². The molecule has 1 aromatic rings. The number of hydrogen-bond donors (Lipinski definition) is 3. The van der Waals surface area contributed by atoms with Crippen molar-refractivity contribution in [2.75, 3.05) is 13.1 Å². The SMILES string of the molecule is Cc1nc(C(=O)NC[C@@H](O)CNC(=O)OC(C)(C)C)c(C)o1. The van der Waals surface area contributed by atoms with E-state index in [0.717, 1.165) is 0 Å². The maximum atomic E-state index is 11.9. The number of hydrogen-bond acceptors (Lipinski definition) is 6. The summed E-state index contributed by atoms with van der Waals surface area (Å²) in [6, 6.07) is 0. The van der Waals surface area contributed by atoms with Crippen molar-refractivity contribution in [1.29, 1.82) is 0 Å². The first kappa shape index (κ1) is 18.0. The van der Waals surface area contributed by atoms with E-state index in [9.17, 15) is 14.7 Å². The molecule has 22 heavy (non-hydrogen) atoms. The average molecular weight is 313 g/mol. The molecule has 0 saturated heterocycles. The van der Waals surface area contributed by atoms with Gasteiger partial charge in [-0.15, -0.1) is 0 Å². The highest BCUT2D eigenvalue weighted by Gasteiger charge is 2.18. The molecule has 8 heteroatoms. The molecule has 124 valence electrons. The second kappa shape index (κ2) is 7.26. The lowest BCUT2D eigenvalue weighted by Gasteiger charge is -2.20. The van der Waals surface area contributed by atoms with Crippen molar-refractivity contribution >= 4 is 12.0 Å². The fourth-order valence-electron chi connectivity index (χ4n) is 1.62. The van der Waals surface area contributed by atoms with Crippen LogP contribution in [0.25, 0.3) is 0 Å². The smallest absolute Gasteiger partial charge is 0.407 e. The van der Waals surface area contributed by atoms with Gasteiger partial charge in [0.2, 0.25) is 0 Å². The first-order chi connectivity index (χ1) is 10.1. The maximum absolute atomic E-state index is 11.9. The van der Waals surface area contributed by atoms with E-state index in [2.05, 4.69) is 15.6 Å². The molecule has 0 saturated carbocycles. The van der Waals surface area contributed by atoms with Gasteiger partial charge in [-0.3, -0.25) is 4.79 Å². The van der Waals surface area contributed by atoms with E-state index in [-0.39, 0.29) is 18.8 Å². The van der Waals surface area contributed by atoms with Gasteiger partial charge in [-0.25, -0.2) is 9.78 Å². The molecule has 0 fully saturated rings. The Morgan fingerprint density at radius 2 is 1.86 bits per heavy atom. The van der Waals surface area contributed by atoms with Gasteiger partial charge in [-0.2, -0.15) is 0 Å². The lowest BCUT2D eigenvalue weighted by atomic mass is 10.2. The van der Waals surface area contributed by atoms with Crippen molar-refractivity contribution in [3.05, 3.63) is 17.3 Å². The molecular weight excluding hydrogens is 290 g/mol. The topological polar surface area (TPSA) is 114 Å². The summed E-state index contributed by atoms with van der Waals surface area (Å²) in [7, 11) is 0. The highest BCUT2D eigenvalue weighted by molar-refractivity contribution is 5.93. The third-order valence-electron chi connectivity index (χ3n) is 2.50. The second-order valence-electron chi connectivity index (χ2n) is 5.88. The van der Waals surface area contributed by atoms with Gasteiger partial charge in [0.1, 0.15) is 11.4 Å². The number of ether oxygens (including phenoxy) is 1. The van der Waals surface area contributed by atoms with Crippen LogP contribution in [0.1, 0.15) is 42.9 Å². The molecule has 0 spiro atoms. The van der Waals surface area contributed by atoms with Crippen molar-refractivity contribution in [1.82, 2.24) is 15.6 Å². The summed E-state index contributed by atoms with van der Waals surface area (Å²) in [4.78, 5) is 27.2. The van der Waals surface area contributed by atoms with Gasteiger partial charge >= 0.3 is 6.09 Å². The Kier molecular flexibility index (Phi) is 5.92. The third-order valence-corrected chi connectivity index (χ3v) is 2.50. The van der Waals surface area contributed by atoms with Crippen LogP contribution in [0.5, 0.6) is 0 Å². The molecule has 2 amide bonds. The average Bonchev–Trinajstić information content (AvgIpc) is 2.70. The number of alkyl carbamates (subject to hydrolysis) is 1. The first-order valence-electron chi connectivity index (χ1n) is 6.95. The largest absolute Gasteiger partial charge is 0.445 e. The monoisotopic (exact) mass is 313 g/mol. The van der Waals surface area contributed by atoms with Gasteiger partial charge in [-0.05, 0) is 27.7 Å². The Morgan fingerprint density at radius 3 is 2.36 bits per heavy atom. The molecule has 1 rings (SSSR count). The lowest BCUT2D eigenvalue weighted by Crippen LogP contribution is -2.41. The Hall–Kier alpha value is -2.09. The molecule has 0 unspecified atom stereocenters. The predicted octanol–water partition coefficient (Wildman–Crippen LogP) is 0.907. The van der Waals surface area contributed by atoms with Gasteiger partial charge < -0.3 is 24.9 Å². The van der Waals surface area contributed by atoms with Crippen molar-refractivity contribution in [2.24, 2.45) is 0 Å². The fourth-order valence-corrected chi connectivity index (χ4v) is 1.62. The van der Waals surface area contributed by atoms with Gasteiger partial charge in [0, 0.05) is 20.0 Å². The van der Waals surface area contributed by atoms with Crippen molar-refractivity contribution in [3.63, 3.8) is 0 Å². The highest BCUT2D eigenvalue weighted by atomic mass is 16.6. The minimum atomic E-state index is -0.940. The zero-order chi connectivity index (χ0) is 16.9. The van der Waals surface area contributed by atoms with E-state index in [4.69, 9.17) is 9.15 Å². The molecule has 1 atom stereocenters. The summed E-state index contributed by atoms with van der Waals surface area (Å²) in [5.41, 5.74) is -0.421. The Morgan fingerprint density at radius 1 is 1.27 bits per heavy atom. The Balaban J connectivity index is 2.34.